The molecule has 26 atom stereocenters. The van der Waals surface area contributed by atoms with E-state index in [-0.39, 0.29) is 23.7 Å². The maximum atomic E-state index is 12.7. The summed E-state index contributed by atoms with van der Waals surface area (Å²) in [6.45, 7) is 14.6. The Bertz CT molecular complexity index is 1710. The Morgan fingerprint density at radius 1 is 0.627 bits per heavy atom. The third kappa shape index (κ3) is 9.03. The minimum absolute atomic E-state index is 0.0733. The molecule has 0 amide bonds. The minimum Gasteiger partial charge on any atom is -0.394 e. The number of aliphatic hydroxyl groups excluding tert-OH is 13. The van der Waals surface area contributed by atoms with Gasteiger partial charge in [0.05, 0.1) is 43.7 Å². The number of fused-ring (bicyclic) bond motifs is 5. The number of allylic oxidation sites excluding steroid dienone is 2. The molecular weight excluding hydrogens is 881 g/mol. The van der Waals surface area contributed by atoms with Crippen molar-refractivity contribution in [3.05, 3.63) is 11.6 Å². The molecule has 3 aliphatic heterocycles. The number of aliphatic hydroxyl groups is 13. The molecule has 0 bridgehead atoms. The first-order chi connectivity index (χ1) is 31.3. The first-order valence-electron chi connectivity index (χ1n) is 24.5. The molecule has 0 aromatic heterocycles. The molecule has 3 heterocycles. The summed E-state index contributed by atoms with van der Waals surface area (Å²) in [6.07, 6.45) is -19.2. The predicted molar refractivity (Wildman–Crippen MR) is 235 cm³/mol. The third-order valence-electron chi connectivity index (χ3n) is 18.7. The van der Waals surface area contributed by atoms with Gasteiger partial charge in [-0.25, -0.2) is 0 Å². The number of ether oxygens (including phenoxy) is 6. The van der Waals surface area contributed by atoms with Crippen LogP contribution >= 0.6 is 0 Å². The molecule has 0 spiro atoms. The highest BCUT2D eigenvalue weighted by atomic mass is 16.8. The van der Waals surface area contributed by atoms with Gasteiger partial charge in [-0.2, -0.15) is 0 Å². The van der Waals surface area contributed by atoms with Gasteiger partial charge < -0.3 is 94.8 Å². The van der Waals surface area contributed by atoms with Crippen LogP contribution in [0.3, 0.4) is 0 Å². The van der Waals surface area contributed by atoms with Crippen molar-refractivity contribution in [2.45, 2.75) is 223 Å². The Morgan fingerprint density at radius 3 is 1.73 bits per heavy atom. The van der Waals surface area contributed by atoms with Gasteiger partial charge in [-0.15, -0.1) is 0 Å². The van der Waals surface area contributed by atoms with Crippen molar-refractivity contribution in [1.29, 1.82) is 0 Å². The van der Waals surface area contributed by atoms with Crippen LogP contribution in [0.25, 0.3) is 0 Å². The fourth-order valence-corrected chi connectivity index (χ4v) is 15.1. The van der Waals surface area contributed by atoms with Crippen LogP contribution in [-0.4, -0.2) is 202 Å². The topological polar surface area (TPSA) is 318 Å². The maximum absolute atomic E-state index is 12.7. The van der Waals surface area contributed by atoms with Gasteiger partial charge >= 0.3 is 0 Å². The molecule has 3 saturated heterocycles. The SMILES string of the molecule is CC(C)=CCC[C@](C)(O[C@H]1O[C@@H](CO)[C@H](O)[C@@H](O)[C@@H]1O)[C@@H]1CC[C@]2(C)[C@@H]1[C@H](O)C[C@@H]1[C@]3(C)CC[C@H](O[C@@H]4O[C@H](CO)[C@@H](O)[C@H](O)[C@@H]4O[C@@H]4O[C@H](CO)[C@@H](O)[C@H](O)[C@@H]4O)C(C)(C)[C@@H]3[C@H](O)C[C@@]12C. The van der Waals surface area contributed by atoms with Gasteiger partial charge in [0.15, 0.2) is 18.9 Å². The van der Waals surface area contributed by atoms with Crippen LogP contribution in [-0.2, 0) is 28.4 Å². The molecule has 4 saturated carbocycles. The van der Waals surface area contributed by atoms with Gasteiger partial charge in [0, 0.05) is 0 Å². The lowest BCUT2D eigenvalue weighted by atomic mass is 9.34. The van der Waals surface area contributed by atoms with E-state index in [9.17, 15) is 66.4 Å². The summed E-state index contributed by atoms with van der Waals surface area (Å²) in [5.74, 6) is -1.02. The fraction of sp³-hybridized carbons (Fsp3) is 0.958. The molecular formula is C48H82O19. The quantitative estimate of drug-likeness (QED) is 0.0773. The molecule has 0 aromatic carbocycles. The molecule has 0 unspecified atom stereocenters. The average molecular weight is 963 g/mol. The molecule has 7 aliphatic rings. The standard InChI is InChI=1S/C48H82O19/c1-21(2)10-9-13-48(8,67-42-38(61)35(58)32(55)26(19-50)63-42)22-11-15-46(6)30(22)23(52)16-28-45(5)14-12-29(44(3,4)40(45)24(53)17-47(28,46)7)65-43-39(36(59)33(56)27(20-51)64-43)66-41-37(60)34(57)31(54)25(18-49)62-41/h10,22-43,49-61H,9,11-20H2,1-8H3/t22-,23-,24-,25-,26+,27-,28-,29+,30+,31-,32+,33-,34+,35-,36+,37+,38+,39+,40+,41+,42-,43+,45+,46-,47+,48+/m1/s1. The second kappa shape index (κ2) is 19.8. The van der Waals surface area contributed by atoms with Crippen LogP contribution in [0.2, 0.25) is 0 Å². The molecule has 19 nitrogen and oxygen atoms in total. The first kappa shape index (κ1) is 53.8. The summed E-state index contributed by atoms with van der Waals surface area (Å²) in [4.78, 5) is 0. The van der Waals surface area contributed by atoms with Crippen LogP contribution in [0.4, 0.5) is 0 Å². The van der Waals surface area contributed by atoms with Gasteiger partial charge in [-0.05, 0) is 117 Å². The summed E-state index contributed by atoms with van der Waals surface area (Å²) in [5.41, 5.74) is -2.23. The smallest absolute Gasteiger partial charge is 0.187 e. The minimum atomic E-state index is -1.83. The van der Waals surface area contributed by atoms with Gasteiger partial charge in [0.2, 0.25) is 0 Å². The molecule has 67 heavy (non-hydrogen) atoms. The summed E-state index contributed by atoms with van der Waals surface area (Å²) in [5, 5.41) is 142. The molecule has 0 aromatic rings. The molecule has 0 radical (unpaired) electrons. The van der Waals surface area contributed by atoms with E-state index >= 15 is 0 Å². The van der Waals surface area contributed by atoms with Crippen LogP contribution in [0.5, 0.6) is 0 Å². The van der Waals surface area contributed by atoms with Crippen molar-refractivity contribution >= 4 is 0 Å². The zero-order valence-corrected chi connectivity index (χ0v) is 40.3. The van der Waals surface area contributed by atoms with Crippen molar-refractivity contribution in [3.63, 3.8) is 0 Å². The van der Waals surface area contributed by atoms with E-state index in [0.717, 1.165) is 5.57 Å². The second-order valence-corrected chi connectivity index (χ2v) is 23.1. The molecule has 7 fully saturated rings. The first-order valence-corrected chi connectivity index (χ1v) is 24.5. The van der Waals surface area contributed by atoms with Gasteiger partial charge in [0.25, 0.3) is 0 Å². The Kier molecular flexibility index (Phi) is 15.9. The van der Waals surface area contributed by atoms with Crippen molar-refractivity contribution in [1.82, 2.24) is 0 Å². The van der Waals surface area contributed by atoms with Crippen LogP contribution in [0.1, 0.15) is 107 Å². The van der Waals surface area contributed by atoms with E-state index in [1.165, 1.54) is 0 Å². The Balaban J connectivity index is 1.15. The lowest BCUT2D eigenvalue weighted by Gasteiger charge is -2.71. The largest absolute Gasteiger partial charge is 0.394 e. The zero-order valence-electron chi connectivity index (χ0n) is 40.3. The second-order valence-electron chi connectivity index (χ2n) is 23.1. The van der Waals surface area contributed by atoms with Crippen LogP contribution < -0.4 is 0 Å². The summed E-state index contributed by atoms with van der Waals surface area (Å²) in [6, 6.07) is 0. The predicted octanol–water partition coefficient (Wildman–Crippen LogP) is -1.06. The van der Waals surface area contributed by atoms with Gasteiger partial charge in [-0.1, -0.05) is 46.3 Å². The highest BCUT2D eigenvalue weighted by Crippen LogP contribution is 2.76. The van der Waals surface area contributed by atoms with E-state index in [4.69, 9.17) is 28.4 Å². The number of hydrogen-bond acceptors (Lipinski definition) is 19. The highest BCUT2D eigenvalue weighted by molar-refractivity contribution is 5.22. The van der Waals surface area contributed by atoms with E-state index in [1.807, 2.05) is 34.6 Å². The monoisotopic (exact) mass is 963 g/mol. The Labute approximate surface area is 393 Å². The van der Waals surface area contributed by atoms with Gasteiger partial charge in [-0.3, -0.25) is 0 Å². The lowest BCUT2D eigenvalue weighted by molar-refractivity contribution is -0.380. The van der Waals surface area contributed by atoms with Gasteiger partial charge in [0.1, 0.15) is 73.2 Å². The molecule has 13 N–H and O–H groups in total. The van der Waals surface area contributed by atoms with Crippen LogP contribution in [0.15, 0.2) is 11.6 Å². The van der Waals surface area contributed by atoms with Crippen molar-refractivity contribution in [3.8, 4) is 0 Å². The zero-order chi connectivity index (χ0) is 49.5. The molecule has 388 valence electrons. The number of hydrogen-bond donors (Lipinski definition) is 13. The van der Waals surface area contributed by atoms with E-state index in [1.54, 1.807) is 0 Å². The van der Waals surface area contributed by atoms with Crippen molar-refractivity contribution < 1.29 is 94.8 Å². The van der Waals surface area contributed by atoms with E-state index in [2.05, 4.69) is 26.8 Å². The summed E-state index contributed by atoms with van der Waals surface area (Å²) in [7, 11) is 0. The fourth-order valence-electron chi connectivity index (χ4n) is 15.1. The summed E-state index contributed by atoms with van der Waals surface area (Å²) >= 11 is 0. The van der Waals surface area contributed by atoms with Crippen molar-refractivity contribution in [2.24, 2.45) is 45.3 Å². The molecule has 4 aliphatic carbocycles. The Morgan fingerprint density at radius 2 is 1.16 bits per heavy atom. The van der Waals surface area contributed by atoms with E-state index in [0.29, 0.717) is 51.4 Å². The highest BCUT2D eigenvalue weighted by Gasteiger charge is 2.74. The third-order valence-corrected chi connectivity index (χ3v) is 18.7. The number of rotatable bonds is 13. The lowest BCUT2D eigenvalue weighted by Crippen LogP contribution is -2.70. The molecule has 19 heteroatoms. The van der Waals surface area contributed by atoms with E-state index < -0.39 is 158 Å². The molecule has 7 rings (SSSR count). The normalized spacial score (nSPS) is 52.9. The Hall–Kier alpha value is -1.02. The average Bonchev–Trinajstić information content (AvgIpc) is 3.65. The summed E-state index contributed by atoms with van der Waals surface area (Å²) < 4.78 is 37.0. The maximum Gasteiger partial charge on any atom is 0.187 e. The van der Waals surface area contributed by atoms with Crippen molar-refractivity contribution in [2.75, 3.05) is 19.8 Å². The van der Waals surface area contributed by atoms with Crippen LogP contribution in [0, 0.1) is 45.3 Å².